The second-order valence-electron chi connectivity index (χ2n) is 7.31. The van der Waals surface area contributed by atoms with E-state index in [0.29, 0.717) is 38.5 Å². The summed E-state index contributed by atoms with van der Waals surface area (Å²) in [4.78, 5) is 15.1. The van der Waals surface area contributed by atoms with Gasteiger partial charge in [-0.1, -0.05) is 0 Å². The molecule has 3 rings (SSSR count). The Kier molecular flexibility index (Phi) is 6.45. The zero-order valence-electron chi connectivity index (χ0n) is 17.5. The molecule has 2 heterocycles. The molecule has 1 aliphatic rings. The fourth-order valence-corrected chi connectivity index (χ4v) is 5.31. The van der Waals surface area contributed by atoms with Crippen molar-refractivity contribution in [1.82, 2.24) is 13.8 Å². The highest BCUT2D eigenvalue weighted by Gasteiger charge is 2.29. The van der Waals surface area contributed by atoms with Crippen LogP contribution in [0.3, 0.4) is 0 Å². The number of hydrogen-bond donors (Lipinski definition) is 0. The van der Waals surface area contributed by atoms with Crippen molar-refractivity contribution in [3.8, 4) is 5.75 Å². The van der Waals surface area contributed by atoms with Crippen LogP contribution < -0.4 is 4.74 Å². The van der Waals surface area contributed by atoms with Gasteiger partial charge in [0, 0.05) is 49.7 Å². The number of piperazine rings is 1. The monoisotopic (exact) mass is 419 g/mol. The third-order valence-electron chi connectivity index (χ3n) is 5.59. The van der Waals surface area contributed by atoms with Crippen LogP contribution in [0.1, 0.15) is 28.7 Å². The average Bonchev–Trinajstić information content (AvgIpc) is 3.01. The van der Waals surface area contributed by atoms with Crippen LogP contribution in [0.5, 0.6) is 5.75 Å². The van der Waals surface area contributed by atoms with Gasteiger partial charge in [0.1, 0.15) is 5.75 Å². The number of carbonyl (C=O) groups excluding carboxylic acids is 1. The minimum atomic E-state index is -3.54. The first-order chi connectivity index (χ1) is 13.8. The first-order valence-electron chi connectivity index (χ1n) is 9.84. The maximum absolute atomic E-state index is 12.9. The van der Waals surface area contributed by atoms with Crippen molar-refractivity contribution in [2.24, 2.45) is 0 Å². The lowest BCUT2D eigenvalue weighted by molar-refractivity contribution is 0.0901. The van der Waals surface area contributed by atoms with Gasteiger partial charge in [0.2, 0.25) is 10.0 Å². The summed E-state index contributed by atoms with van der Waals surface area (Å²) in [5.74, 6) is 0.707. The maximum atomic E-state index is 12.9. The molecule has 158 valence electrons. The van der Waals surface area contributed by atoms with E-state index in [-0.39, 0.29) is 10.7 Å². The molecule has 29 heavy (non-hydrogen) atoms. The van der Waals surface area contributed by atoms with Gasteiger partial charge in [-0.25, -0.2) is 8.42 Å². The number of benzene rings is 1. The van der Waals surface area contributed by atoms with Gasteiger partial charge in [-0.2, -0.15) is 4.31 Å². The summed E-state index contributed by atoms with van der Waals surface area (Å²) in [7, 11) is -1.99. The molecule has 0 spiro atoms. The van der Waals surface area contributed by atoms with Crippen molar-refractivity contribution in [2.75, 3.05) is 39.8 Å². The number of Topliss-reactive ketones (excluding diaryl/α,β-unsaturated/α-hetero) is 1. The summed E-state index contributed by atoms with van der Waals surface area (Å²) in [5, 5.41) is 0. The predicted molar refractivity (Wildman–Crippen MR) is 112 cm³/mol. The summed E-state index contributed by atoms with van der Waals surface area (Å²) >= 11 is 0. The number of hydrogen-bond acceptors (Lipinski definition) is 5. The third kappa shape index (κ3) is 4.39. The smallest absolute Gasteiger partial charge is 0.243 e. The third-order valence-corrected chi connectivity index (χ3v) is 7.50. The molecule has 7 nitrogen and oxygen atoms in total. The molecule has 1 saturated heterocycles. The maximum Gasteiger partial charge on any atom is 0.243 e. The van der Waals surface area contributed by atoms with Gasteiger partial charge < -0.3 is 9.30 Å². The Morgan fingerprint density at radius 1 is 1.07 bits per heavy atom. The van der Waals surface area contributed by atoms with Gasteiger partial charge in [-0.15, -0.1) is 0 Å². The van der Waals surface area contributed by atoms with Crippen LogP contribution in [0.2, 0.25) is 0 Å². The number of aryl methyl sites for hydroxylation is 1. The molecular formula is C21H29N3O4S. The molecule has 1 aromatic carbocycles. The second-order valence-corrected chi connectivity index (χ2v) is 9.25. The topological polar surface area (TPSA) is 71.9 Å². The lowest BCUT2D eigenvalue weighted by atomic mass is 10.1. The minimum absolute atomic E-state index is 0.0873. The Morgan fingerprint density at radius 2 is 1.69 bits per heavy atom. The van der Waals surface area contributed by atoms with Gasteiger partial charge in [0.25, 0.3) is 0 Å². The molecule has 0 bridgehead atoms. The fourth-order valence-electron chi connectivity index (χ4n) is 3.88. The van der Waals surface area contributed by atoms with Gasteiger partial charge >= 0.3 is 0 Å². The van der Waals surface area contributed by atoms with E-state index in [9.17, 15) is 13.2 Å². The van der Waals surface area contributed by atoms with Gasteiger partial charge in [0.05, 0.1) is 18.6 Å². The number of methoxy groups -OCH3 is 1. The molecular weight excluding hydrogens is 390 g/mol. The highest BCUT2D eigenvalue weighted by molar-refractivity contribution is 7.89. The fraction of sp³-hybridized carbons (Fsp3) is 0.476. The SMILES string of the molecule is CCn1c(C)cc(C(=O)CN2CCN(S(=O)(=O)c3ccc(OC)cc3)CC2)c1C. The van der Waals surface area contributed by atoms with Crippen molar-refractivity contribution < 1.29 is 17.9 Å². The van der Waals surface area contributed by atoms with E-state index in [2.05, 4.69) is 11.5 Å². The minimum Gasteiger partial charge on any atom is -0.497 e. The highest BCUT2D eigenvalue weighted by atomic mass is 32.2. The predicted octanol–water partition coefficient (Wildman–Crippen LogP) is 2.32. The summed E-state index contributed by atoms with van der Waals surface area (Å²) < 4.78 is 34.4. The quantitative estimate of drug-likeness (QED) is 0.644. The molecule has 0 atom stereocenters. The lowest BCUT2D eigenvalue weighted by Gasteiger charge is -2.33. The van der Waals surface area contributed by atoms with E-state index in [1.54, 1.807) is 31.4 Å². The molecule has 0 radical (unpaired) electrons. The van der Waals surface area contributed by atoms with Crippen LogP contribution in [0.25, 0.3) is 0 Å². The van der Waals surface area contributed by atoms with Crippen LogP contribution in [0.4, 0.5) is 0 Å². The van der Waals surface area contributed by atoms with Crippen LogP contribution >= 0.6 is 0 Å². The normalized spacial score (nSPS) is 16.1. The zero-order chi connectivity index (χ0) is 21.2. The zero-order valence-corrected chi connectivity index (χ0v) is 18.3. The molecule has 0 unspecified atom stereocenters. The van der Waals surface area contributed by atoms with Crippen LogP contribution in [-0.2, 0) is 16.6 Å². The van der Waals surface area contributed by atoms with E-state index in [0.717, 1.165) is 23.5 Å². The number of ketones is 1. The molecule has 1 aliphatic heterocycles. The molecule has 1 aromatic heterocycles. The van der Waals surface area contributed by atoms with E-state index >= 15 is 0 Å². The standard InChI is InChI=1S/C21H29N3O4S/c1-5-24-16(2)14-20(17(24)3)21(25)15-22-10-12-23(13-11-22)29(26,27)19-8-6-18(28-4)7-9-19/h6-9,14H,5,10-13,15H2,1-4H3. The van der Waals surface area contributed by atoms with Crippen molar-refractivity contribution >= 4 is 15.8 Å². The summed E-state index contributed by atoms with van der Waals surface area (Å²) in [6.45, 7) is 9.01. The average molecular weight is 420 g/mol. The Bertz CT molecular complexity index is 972. The van der Waals surface area contributed by atoms with E-state index in [1.165, 1.54) is 4.31 Å². The Balaban J connectivity index is 1.62. The Labute approximate surface area is 172 Å². The first kappa shape index (κ1) is 21.5. The summed E-state index contributed by atoms with van der Waals surface area (Å²) in [5.41, 5.74) is 2.84. The Hall–Kier alpha value is -2.16. The largest absolute Gasteiger partial charge is 0.497 e. The second kappa shape index (κ2) is 8.69. The van der Waals surface area contributed by atoms with E-state index in [4.69, 9.17) is 4.74 Å². The molecule has 0 aliphatic carbocycles. The van der Waals surface area contributed by atoms with Crippen molar-refractivity contribution in [2.45, 2.75) is 32.2 Å². The number of aromatic nitrogens is 1. The number of sulfonamides is 1. The number of ether oxygens (including phenoxy) is 1. The van der Waals surface area contributed by atoms with Crippen LogP contribution in [0.15, 0.2) is 35.2 Å². The van der Waals surface area contributed by atoms with Crippen molar-refractivity contribution in [3.05, 3.63) is 47.3 Å². The van der Waals surface area contributed by atoms with Crippen LogP contribution in [-0.4, -0.2) is 67.8 Å². The molecule has 0 saturated carbocycles. The highest BCUT2D eigenvalue weighted by Crippen LogP contribution is 2.21. The molecule has 8 heteroatoms. The van der Waals surface area contributed by atoms with Crippen molar-refractivity contribution in [1.29, 1.82) is 0 Å². The molecule has 0 N–H and O–H groups in total. The first-order valence-corrected chi connectivity index (χ1v) is 11.3. The summed E-state index contributed by atoms with van der Waals surface area (Å²) in [6.07, 6.45) is 0. The number of rotatable bonds is 7. The number of nitrogens with zero attached hydrogens (tertiary/aromatic N) is 3. The molecule has 0 amide bonds. The number of carbonyl (C=O) groups is 1. The van der Waals surface area contributed by atoms with Crippen molar-refractivity contribution in [3.63, 3.8) is 0 Å². The van der Waals surface area contributed by atoms with Crippen LogP contribution in [0, 0.1) is 13.8 Å². The van der Waals surface area contributed by atoms with Gasteiger partial charge in [-0.05, 0) is 51.1 Å². The Morgan fingerprint density at radius 3 is 2.21 bits per heavy atom. The van der Waals surface area contributed by atoms with E-state index < -0.39 is 10.0 Å². The van der Waals surface area contributed by atoms with Gasteiger partial charge in [0.15, 0.2) is 5.78 Å². The summed E-state index contributed by atoms with van der Waals surface area (Å²) in [6, 6.07) is 8.37. The lowest BCUT2D eigenvalue weighted by Crippen LogP contribution is -2.49. The van der Waals surface area contributed by atoms with Gasteiger partial charge in [-0.3, -0.25) is 9.69 Å². The molecule has 1 fully saturated rings. The molecule has 2 aromatic rings. The van der Waals surface area contributed by atoms with E-state index in [1.807, 2.05) is 24.8 Å².